The average molecular weight is 258 g/mol. The van der Waals surface area contributed by atoms with Crippen molar-refractivity contribution in [3.8, 4) is 0 Å². The van der Waals surface area contributed by atoms with E-state index >= 15 is 0 Å². The quantitative estimate of drug-likeness (QED) is 0.868. The van der Waals surface area contributed by atoms with Crippen LogP contribution in [0.1, 0.15) is 31.7 Å². The monoisotopic (exact) mass is 258 g/mol. The largest absolute Gasteiger partial charge is 0.351 e. The van der Waals surface area contributed by atoms with Crippen molar-refractivity contribution in [2.45, 2.75) is 37.6 Å². The Morgan fingerprint density at radius 2 is 2.05 bits per heavy atom. The van der Waals surface area contributed by atoms with Gasteiger partial charge in [0, 0.05) is 12.6 Å². The molecule has 1 saturated heterocycles. The first kappa shape index (κ1) is 12.7. The van der Waals surface area contributed by atoms with Crippen molar-refractivity contribution in [3.05, 3.63) is 35.9 Å². The van der Waals surface area contributed by atoms with Gasteiger partial charge in [0.2, 0.25) is 5.91 Å². The number of hydrogen-bond donors (Lipinski definition) is 2. The molecule has 2 fully saturated rings. The van der Waals surface area contributed by atoms with Gasteiger partial charge in [-0.25, -0.2) is 0 Å². The van der Waals surface area contributed by atoms with Gasteiger partial charge in [0.1, 0.15) is 0 Å². The molecular formula is C16H22N2O. The summed E-state index contributed by atoms with van der Waals surface area (Å²) < 4.78 is 0. The van der Waals surface area contributed by atoms with Gasteiger partial charge in [0.15, 0.2) is 0 Å². The van der Waals surface area contributed by atoms with E-state index in [-0.39, 0.29) is 17.4 Å². The molecule has 1 amide bonds. The molecule has 2 atom stereocenters. The first-order valence-corrected chi connectivity index (χ1v) is 7.29. The van der Waals surface area contributed by atoms with Crippen molar-refractivity contribution in [2.24, 2.45) is 5.92 Å². The number of nitrogens with one attached hydrogen (secondary N) is 2. The molecule has 1 aliphatic heterocycles. The molecule has 3 rings (SSSR count). The van der Waals surface area contributed by atoms with Gasteiger partial charge < -0.3 is 10.6 Å². The summed E-state index contributed by atoms with van der Waals surface area (Å²) in [6.07, 6.45) is 3.11. The maximum absolute atomic E-state index is 12.6. The zero-order valence-electron chi connectivity index (χ0n) is 11.5. The van der Waals surface area contributed by atoms with Crippen LogP contribution in [0.3, 0.4) is 0 Å². The van der Waals surface area contributed by atoms with E-state index < -0.39 is 0 Å². The molecule has 3 heteroatoms. The smallest absolute Gasteiger partial charge is 0.230 e. The molecule has 1 aromatic carbocycles. The lowest BCUT2D eigenvalue weighted by atomic mass is 9.91. The number of rotatable bonds is 3. The van der Waals surface area contributed by atoms with Crippen molar-refractivity contribution in [1.29, 1.82) is 0 Å². The van der Waals surface area contributed by atoms with Gasteiger partial charge >= 0.3 is 0 Å². The first-order valence-electron chi connectivity index (χ1n) is 7.29. The van der Waals surface area contributed by atoms with Crippen LogP contribution in [-0.4, -0.2) is 25.0 Å². The Kier molecular flexibility index (Phi) is 3.31. The Hall–Kier alpha value is -1.35. The van der Waals surface area contributed by atoms with E-state index in [0.717, 1.165) is 32.4 Å². The Morgan fingerprint density at radius 1 is 1.32 bits per heavy atom. The zero-order valence-corrected chi connectivity index (χ0v) is 11.5. The molecule has 1 aliphatic carbocycles. The van der Waals surface area contributed by atoms with Crippen LogP contribution in [0.25, 0.3) is 0 Å². The maximum Gasteiger partial charge on any atom is 0.230 e. The van der Waals surface area contributed by atoms with Crippen molar-refractivity contribution >= 4 is 5.91 Å². The Balaban J connectivity index is 1.70. The van der Waals surface area contributed by atoms with E-state index in [1.54, 1.807) is 0 Å². The molecule has 0 bridgehead atoms. The average Bonchev–Trinajstić information content (AvgIpc) is 3.24. The van der Waals surface area contributed by atoms with Crippen LogP contribution >= 0.6 is 0 Å². The number of piperidine rings is 1. The summed E-state index contributed by atoms with van der Waals surface area (Å²) in [5, 5.41) is 6.64. The number of amides is 1. The number of benzene rings is 1. The second-order valence-corrected chi connectivity index (χ2v) is 6.00. The topological polar surface area (TPSA) is 41.1 Å². The van der Waals surface area contributed by atoms with E-state index in [1.807, 2.05) is 18.2 Å². The lowest BCUT2D eigenvalue weighted by molar-refractivity contribution is -0.124. The van der Waals surface area contributed by atoms with Crippen LogP contribution in [0.5, 0.6) is 0 Å². The second-order valence-electron chi connectivity index (χ2n) is 6.00. The van der Waals surface area contributed by atoms with Gasteiger partial charge in [-0.1, -0.05) is 37.3 Å². The molecule has 102 valence electrons. The molecule has 2 aliphatic rings. The van der Waals surface area contributed by atoms with Crippen molar-refractivity contribution in [1.82, 2.24) is 10.6 Å². The summed E-state index contributed by atoms with van der Waals surface area (Å²) >= 11 is 0. The van der Waals surface area contributed by atoms with Crippen molar-refractivity contribution < 1.29 is 4.79 Å². The van der Waals surface area contributed by atoms with Crippen LogP contribution < -0.4 is 10.6 Å². The summed E-state index contributed by atoms with van der Waals surface area (Å²) in [6, 6.07) is 10.5. The SMILES string of the molecule is CC1CCNCC1NC(=O)C1(c2ccccc2)CC1. The van der Waals surface area contributed by atoms with E-state index in [2.05, 4.69) is 29.7 Å². The van der Waals surface area contributed by atoms with Gasteiger partial charge in [-0.15, -0.1) is 0 Å². The van der Waals surface area contributed by atoms with Crippen molar-refractivity contribution in [2.75, 3.05) is 13.1 Å². The fourth-order valence-electron chi connectivity index (χ4n) is 3.02. The Morgan fingerprint density at radius 3 is 2.68 bits per heavy atom. The molecule has 19 heavy (non-hydrogen) atoms. The molecule has 1 heterocycles. The van der Waals surface area contributed by atoms with E-state index in [9.17, 15) is 4.79 Å². The molecule has 1 saturated carbocycles. The van der Waals surface area contributed by atoms with E-state index in [4.69, 9.17) is 0 Å². The predicted octanol–water partition coefficient (Wildman–Crippen LogP) is 1.83. The third-order valence-corrected chi connectivity index (χ3v) is 4.66. The summed E-state index contributed by atoms with van der Waals surface area (Å²) in [5.41, 5.74) is 0.933. The minimum atomic E-state index is -0.238. The number of carbonyl (C=O) groups is 1. The summed E-state index contributed by atoms with van der Waals surface area (Å²) in [6.45, 7) is 4.20. The lowest BCUT2D eigenvalue weighted by Crippen LogP contribution is -2.52. The molecule has 1 aromatic rings. The Labute approximate surface area is 114 Å². The third-order valence-electron chi connectivity index (χ3n) is 4.66. The highest BCUT2D eigenvalue weighted by atomic mass is 16.2. The number of carbonyl (C=O) groups excluding carboxylic acids is 1. The van der Waals surface area contributed by atoms with E-state index in [0.29, 0.717) is 5.92 Å². The van der Waals surface area contributed by atoms with Gasteiger partial charge in [-0.05, 0) is 37.3 Å². The second kappa shape index (κ2) is 4.97. The zero-order chi connectivity index (χ0) is 13.3. The van der Waals surface area contributed by atoms with Gasteiger partial charge in [0.25, 0.3) is 0 Å². The molecule has 0 spiro atoms. The minimum absolute atomic E-state index is 0.222. The van der Waals surface area contributed by atoms with Crippen LogP contribution in [-0.2, 0) is 10.2 Å². The highest BCUT2D eigenvalue weighted by Gasteiger charge is 2.51. The lowest BCUT2D eigenvalue weighted by Gasteiger charge is -2.31. The third kappa shape index (κ3) is 2.39. The minimum Gasteiger partial charge on any atom is -0.351 e. The summed E-state index contributed by atoms with van der Waals surface area (Å²) in [5.74, 6) is 0.788. The Bertz CT molecular complexity index is 453. The van der Waals surface area contributed by atoms with Gasteiger partial charge in [-0.2, -0.15) is 0 Å². The van der Waals surface area contributed by atoms with Crippen LogP contribution in [0.15, 0.2) is 30.3 Å². The van der Waals surface area contributed by atoms with E-state index in [1.165, 1.54) is 5.56 Å². The standard InChI is InChI=1S/C16H22N2O/c1-12-7-10-17-11-14(12)18-15(19)16(8-9-16)13-5-3-2-4-6-13/h2-6,12,14,17H,7-11H2,1H3,(H,18,19). The fourth-order valence-corrected chi connectivity index (χ4v) is 3.02. The molecule has 0 aromatic heterocycles. The molecule has 2 N–H and O–H groups in total. The van der Waals surface area contributed by atoms with Gasteiger partial charge in [-0.3, -0.25) is 4.79 Å². The van der Waals surface area contributed by atoms with Crippen molar-refractivity contribution in [3.63, 3.8) is 0 Å². The molecule has 0 radical (unpaired) electrons. The normalized spacial score (nSPS) is 28.7. The maximum atomic E-state index is 12.6. The molecule has 3 nitrogen and oxygen atoms in total. The first-order chi connectivity index (χ1) is 9.22. The molecule has 2 unspecified atom stereocenters. The van der Waals surface area contributed by atoms with Gasteiger partial charge in [0.05, 0.1) is 5.41 Å². The van der Waals surface area contributed by atoms with Crippen LogP contribution in [0.2, 0.25) is 0 Å². The predicted molar refractivity (Wildman–Crippen MR) is 75.9 cm³/mol. The fraction of sp³-hybridized carbons (Fsp3) is 0.562. The van der Waals surface area contributed by atoms with Crippen LogP contribution in [0, 0.1) is 5.92 Å². The number of hydrogen-bond acceptors (Lipinski definition) is 2. The van der Waals surface area contributed by atoms with Crippen LogP contribution in [0.4, 0.5) is 0 Å². The summed E-state index contributed by atoms with van der Waals surface area (Å²) in [7, 11) is 0. The summed E-state index contributed by atoms with van der Waals surface area (Å²) in [4.78, 5) is 12.6. The highest BCUT2D eigenvalue weighted by Crippen LogP contribution is 2.48. The highest BCUT2D eigenvalue weighted by molar-refractivity contribution is 5.91. The molecular weight excluding hydrogens is 236 g/mol.